The number of aromatic amines is 1. The summed E-state index contributed by atoms with van der Waals surface area (Å²) in [6, 6.07) is 17.2. The second-order valence-corrected chi connectivity index (χ2v) is 17.6. The lowest BCUT2D eigenvalue weighted by Crippen LogP contribution is -2.54. The minimum Gasteiger partial charge on any atom is -0.358 e. The summed E-state index contributed by atoms with van der Waals surface area (Å²) >= 11 is 0. The number of imide groups is 2. The van der Waals surface area contributed by atoms with Gasteiger partial charge in [-0.1, -0.05) is 32.0 Å². The van der Waals surface area contributed by atoms with Crippen LogP contribution in [0.15, 0.2) is 60.7 Å². The Balaban J connectivity index is 0.827. The number of benzene rings is 3. The topological polar surface area (TPSA) is 149 Å². The van der Waals surface area contributed by atoms with Crippen molar-refractivity contribution < 1.29 is 37.1 Å². The molecule has 0 bridgehead atoms. The summed E-state index contributed by atoms with van der Waals surface area (Å²) < 4.78 is 42.2. The number of H-pyrrole nitrogens is 1. The number of rotatable bonds is 11. The molecule has 3 atom stereocenters. The zero-order valence-electron chi connectivity index (χ0n) is 35.3. The Morgan fingerprint density at radius 3 is 2.21 bits per heavy atom. The third kappa shape index (κ3) is 7.91. The van der Waals surface area contributed by atoms with Crippen molar-refractivity contribution in [1.29, 1.82) is 0 Å². The van der Waals surface area contributed by atoms with Gasteiger partial charge in [-0.15, -0.1) is 10.2 Å². The number of likely N-dealkylation sites (tertiary alicyclic amines) is 1. The summed E-state index contributed by atoms with van der Waals surface area (Å²) in [5.74, 6) is -3.08. The maximum absolute atomic E-state index is 16.2. The number of aryl methyl sites for hydroxylation is 1. The molecule has 3 aromatic carbocycles. The average Bonchev–Trinajstić information content (AvgIpc) is 3.93. The predicted octanol–water partition coefficient (Wildman–Crippen LogP) is 7.47. The van der Waals surface area contributed by atoms with E-state index in [-0.39, 0.29) is 59.9 Å². The van der Waals surface area contributed by atoms with E-state index in [1.54, 1.807) is 29.2 Å². The smallest absolute Gasteiger partial charge is 0.274 e. The highest BCUT2D eigenvalue weighted by Crippen LogP contribution is 2.39. The monoisotopic (exact) mass is 859 g/mol. The van der Waals surface area contributed by atoms with Gasteiger partial charge in [-0.05, 0) is 115 Å². The first kappa shape index (κ1) is 42.1. The third-order valence-corrected chi connectivity index (χ3v) is 13.4. The Hall–Kier alpha value is -6.22. The van der Waals surface area contributed by atoms with Crippen molar-refractivity contribution in [3.05, 3.63) is 117 Å². The van der Waals surface area contributed by atoms with Gasteiger partial charge in [0.25, 0.3) is 17.7 Å². The van der Waals surface area contributed by atoms with E-state index < -0.39 is 41.9 Å². The van der Waals surface area contributed by atoms with Crippen LogP contribution >= 0.6 is 0 Å². The number of piperidine rings is 2. The number of hydrogen-bond donors (Lipinski definition) is 2. The Morgan fingerprint density at radius 2 is 1.57 bits per heavy atom. The molecular formula is C48H48F3N7O5. The quantitative estimate of drug-likeness (QED) is 0.130. The van der Waals surface area contributed by atoms with Crippen LogP contribution in [0, 0.1) is 18.7 Å². The number of para-hydroxylation sites is 1. The van der Waals surface area contributed by atoms with Gasteiger partial charge in [-0.3, -0.25) is 39.1 Å². The van der Waals surface area contributed by atoms with Gasteiger partial charge in [-0.25, -0.2) is 13.2 Å². The molecule has 63 heavy (non-hydrogen) atoms. The second-order valence-electron chi connectivity index (χ2n) is 17.6. The first-order chi connectivity index (χ1) is 30.2. The van der Waals surface area contributed by atoms with Crippen LogP contribution in [0.4, 0.5) is 13.2 Å². The number of halogens is 3. The molecule has 0 radical (unpaired) electrons. The molecule has 12 nitrogen and oxygen atoms in total. The van der Waals surface area contributed by atoms with Crippen molar-refractivity contribution in [3.63, 3.8) is 0 Å². The number of amides is 5. The van der Waals surface area contributed by atoms with E-state index in [4.69, 9.17) is 0 Å². The third-order valence-electron chi connectivity index (χ3n) is 13.4. The van der Waals surface area contributed by atoms with Crippen molar-refractivity contribution in [2.75, 3.05) is 13.1 Å². The minimum atomic E-state index is -2.35. The molecule has 2 saturated heterocycles. The van der Waals surface area contributed by atoms with Crippen LogP contribution in [-0.2, 0) is 29.1 Å². The number of fused-ring (bicyclic) bond motifs is 3. The number of carbonyl (C=O) groups excluding carboxylic acids is 5. The summed E-state index contributed by atoms with van der Waals surface area (Å²) in [4.78, 5) is 73.0. The molecule has 0 aliphatic carbocycles. The second kappa shape index (κ2) is 16.8. The van der Waals surface area contributed by atoms with Crippen LogP contribution in [-0.4, -0.2) is 91.0 Å². The Morgan fingerprint density at radius 1 is 0.873 bits per heavy atom. The maximum atomic E-state index is 16.2. The lowest BCUT2D eigenvalue weighted by Gasteiger charge is -2.36. The lowest BCUT2D eigenvalue weighted by atomic mass is 9.86. The van der Waals surface area contributed by atoms with Gasteiger partial charge in [-0.2, -0.15) is 0 Å². The number of carbonyl (C=O) groups is 5. The number of nitrogens with zero attached hydrogens (tertiary/aromatic N) is 5. The van der Waals surface area contributed by atoms with Crippen LogP contribution < -0.4 is 5.32 Å². The van der Waals surface area contributed by atoms with E-state index in [2.05, 4.69) is 25.4 Å². The summed E-state index contributed by atoms with van der Waals surface area (Å²) in [5.41, 5.74) is 7.65. The first-order valence-corrected chi connectivity index (χ1v) is 21.7. The van der Waals surface area contributed by atoms with Gasteiger partial charge < -0.3 is 9.88 Å². The van der Waals surface area contributed by atoms with Crippen LogP contribution in [0.3, 0.4) is 0 Å². The molecule has 0 spiro atoms. The summed E-state index contributed by atoms with van der Waals surface area (Å²) in [6.45, 7) is 7.97. The molecule has 6 heterocycles. The van der Waals surface area contributed by atoms with Crippen LogP contribution in [0.5, 0.6) is 0 Å². The number of nitrogens with one attached hydrogen (secondary N) is 2. The van der Waals surface area contributed by atoms with Crippen LogP contribution in [0.1, 0.15) is 123 Å². The highest BCUT2D eigenvalue weighted by molar-refractivity contribution is 6.23. The van der Waals surface area contributed by atoms with E-state index in [0.29, 0.717) is 68.7 Å². The molecule has 15 heteroatoms. The van der Waals surface area contributed by atoms with Crippen molar-refractivity contribution >= 4 is 40.4 Å². The normalized spacial score (nSPS) is 19.3. The maximum Gasteiger partial charge on any atom is 0.274 e. The van der Waals surface area contributed by atoms with Gasteiger partial charge in [0, 0.05) is 73.1 Å². The number of hydrogen-bond acceptors (Lipinski definition) is 8. The fraction of sp³-hybridized carbons (Fsp3) is 0.396. The molecule has 2 fully saturated rings. The Labute approximate surface area is 362 Å². The molecule has 2 unspecified atom stereocenters. The van der Waals surface area contributed by atoms with Gasteiger partial charge in [0.1, 0.15) is 11.9 Å². The predicted molar refractivity (Wildman–Crippen MR) is 227 cm³/mol. The number of aromatic nitrogens is 3. The standard InChI is InChI=1S/C48H48F3N7O5/c1-25(8-12-41(50)51)18-33-32-6-4-5-7-38(32)52-44(33)27(3)43-26(2)19-28(22-36(43)49)37-9-10-39(55-54-37)48(63)56-16-14-31(15-17-56)57-23-29-20-34-35(21-30(29)24-57)47(62)58(46(34)61)40-11-13-42(59)53-45(40)60/h4-7,9-10,19-22,25,27,31,40-41,52H,8,11-18,23-24H2,1-3H3,(H,53,59,60)/t25-,27?,40?/m0/s1. The van der Waals surface area contributed by atoms with E-state index in [1.165, 1.54) is 6.07 Å². The SMILES string of the molecule is Cc1cc(-c2ccc(C(=O)N3CCC(N4Cc5cc6c(cc5C4)C(=O)N(C4CCC(=O)NC4=O)C6=O)CC3)nn2)cc(F)c1C(C)c1[nH]c2ccccc2c1C[C@@H](C)CCC(F)F. The molecular weight excluding hydrogens is 812 g/mol. The fourth-order valence-electron chi connectivity index (χ4n) is 10.1. The zero-order chi connectivity index (χ0) is 44.3. The van der Waals surface area contributed by atoms with Crippen LogP contribution in [0.25, 0.3) is 22.2 Å². The van der Waals surface area contributed by atoms with Crippen molar-refractivity contribution in [2.45, 2.75) is 103 Å². The van der Waals surface area contributed by atoms with Crippen LogP contribution in [0.2, 0.25) is 0 Å². The lowest BCUT2D eigenvalue weighted by molar-refractivity contribution is -0.136. The minimum absolute atomic E-state index is 0.0166. The summed E-state index contributed by atoms with van der Waals surface area (Å²) in [7, 11) is 0. The van der Waals surface area contributed by atoms with E-state index >= 15 is 4.39 Å². The Bertz CT molecular complexity index is 2610. The van der Waals surface area contributed by atoms with Gasteiger partial charge in [0.2, 0.25) is 18.2 Å². The van der Waals surface area contributed by atoms with Crippen molar-refractivity contribution in [1.82, 2.24) is 35.2 Å². The average molecular weight is 860 g/mol. The molecule has 5 aromatic rings. The molecule has 4 aliphatic heterocycles. The molecule has 2 aromatic heterocycles. The van der Waals surface area contributed by atoms with Crippen molar-refractivity contribution in [2.24, 2.45) is 5.92 Å². The van der Waals surface area contributed by atoms with Gasteiger partial charge in [0.05, 0.1) is 16.8 Å². The van der Waals surface area contributed by atoms with E-state index in [1.807, 2.05) is 51.1 Å². The molecule has 0 saturated carbocycles. The van der Waals surface area contributed by atoms with Gasteiger partial charge >= 0.3 is 0 Å². The molecule has 326 valence electrons. The first-order valence-electron chi connectivity index (χ1n) is 21.7. The summed E-state index contributed by atoms with van der Waals surface area (Å²) in [5, 5.41) is 11.9. The Kier molecular flexibility index (Phi) is 11.2. The van der Waals surface area contributed by atoms with E-state index in [9.17, 15) is 32.8 Å². The van der Waals surface area contributed by atoms with Crippen molar-refractivity contribution in [3.8, 4) is 11.3 Å². The largest absolute Gasteiger partial charge is 0.358 e. The number of alkyl halides is 2. The molecule has 5 amide bonds. The summed E-state index contributed by atoms with van der Waals surface area (Å²) in [6.07, 6.45) is 0.0709. The fourth-order valence-corrected chi connectivity index (χ4v) is 10.1. The zero-order valence-corrected chi connectivity index (χ0v) is 35.3. The molecule has 2 N–H and O–H groups in total. The highest BCUT2D eigenvalue weighted by atomic mass is 19.3. The van der Waals surface area contributed by atoms with Gasteiger partial charge in [0.15, 0.2) is 5.69 Å². The highest BCUT2D eigenvalue weighted by Gasteiger charge is 2.46. The van der Waals surface area contributed by atoms with E-state index in [0.717, 1.165) is 43.8 Å². The molecule has 4 aliphatic rings. The molecule has 9 rings (SSSR count).